The Balaban J connectivity index is 1.62. The van der Waals surface area contributed by atoms with E-state index in [0.29, 0.717) is 31.1 Å². The Morgan fingerprint density at radius 3 is 2.87 bits per heavy atom. The molecule has 23 heavy (non-hydrogen) atoms. The van der Waals surface area contributed by atoms with E-state index >= 15 is 0 Å². The Kier molecular flexibility index (Phi) is 4.46. The zero-order chi connectivity index (χ0) is 16.4. The van der Waals surface area contributed by atoms with Gasteiger partial charge in [-0.15, -0.1) is 0 Å². The number of alkyl halides is 3. The molecule has 0 spiro atoms. The lowest BCUT2D eigenvalue weighted by Gasteiger charge is -2.32. The molecule has 126 valence electrons. The van der Waals surface area contributed by atoms with Gasteiger partial charge in [0.05, 0.1) is 0 Å². The maximum Gasteiger partial charge on any atom is 0.435 e. The number of nitrogens with one attached hydrogen (secondary N) is 1. The smallest absolute Gasteiger partial charge is 0.342 e. The van der Waals surface area contributed by atoms with Gasteiger partial charge >= 0.3 is 6.18 Å². The van der Waals surface area contributed by atoms with Crippen molar-refractivity contribution in [2.45, 2.75) is 44.2 Å². The molecule has 1 aliphatic heterocycles. The van der Waals surface area contributed by atoms with Gasteiger partial charge in [0.1, 0.15) is 0 Å². The molecule has 1 aromatic heterocycles. The van der Waals surface area contributed by atoms with E-state index in [1.165, 1.54) is 0 Å². The molecule has 0 saturated carbocycles. The first kappa shape index (κ1) is 16.1. The second kappa shape index (κ2) is 6.37. The largest absolute Gasteiger partial charge is 0.435 e. The third-order valence-corrected chi connectivity index (χ3v) is 4.65. The van der Waals surface area contributed by atoms with Crippen LogP contribution in [0.3, 0.4) is 0 Å². The monoisotopic (exact) mass is 327 g/mol. The molecule has 1 amide bonds. The van der Waals surface area contributed by atoms with E-state index in [1.807, 2.05) is 0 Å². The molecule has 0 radical (unpaired) electrons. The predicted octanol–water partition coefficient (Wildman–Crippen LogP) is 3.49. The van der Waals surface area contributed by atoms with Crippen LogP contribution in [-0.2, 0) is 11.0 Å². The van der Waals surface area contributed by atoms with E-state index in [1.54, 1.807) is 4.90 Å². The molecular weight excluding hydrogens is 307 g/mol. The molecule has 1 fully saturated rings. The van der Waals surface area contributed by atoms with Crippen LogP contribution in [0.25, 0.3) is 0 Å². The van der Waals surface area contributed by atoms with Crippen LogP contribution < -0.4 is 0 Å². The number of allylic oxidation sites excluding steroid dienone is 2. The highest BCUT2D eigenvalue weighted by Gasteiger charge is 2.35. The number of rotatable bonds is 3. The summed E-state index contributed by atoms with van der Waals surface area (Å²) in [5.41, 5.74) is -0.428. The van der Waals surface area contributed by atoms with Gasteiger partial charge in [0.25, 0.3) is 0 Å². The fraction of sp³-hybridized carbons (Fsp3) is 0.625. The minimum absolute atomic E-state index is 0.0989. The van der Waals surface area contributed by atoms with Gasteiger partial charge in [-0.05, 0) is 37.7 Å². The SMILES string of the molecule is O=C(C[C@@H]1C=CCC1)N1CCC[C@H](c2cc(C(F)(F)F)n[nH]2)C1. The van der Waals surface area contributed by atoms with Crippen LogP contribution in [0.15, 0.2) is 18.2 Å². The van der Waals surface area contributed by atoms with Crippen molar-refractivity contribution in [3.05, 3.63) is 29.6 Å². The van der Waals surface area contributed by atoms with Crippen LogP contribution >= 0.6 is 0 Å². The zero-order valence-corrected chi connectivity index (χ0v) is 12.8. The summed E-state index contributed by atoms with van der Waals surface area (Å²) < 4.78 is 37.9. The molecule has 1 saturated heterocycles. The highest BCUT2D eigenvalue weighted by Crippen LogP contribution is 2.32. The minimum atomic E-state index is -4.44. The molecule has 3 rings (SSSR count). The van der Waals surface area contributed by atoms with E-state index < -0.39 is 11.9 Å². The Labute approximate surface area is 132 Å². The molecule has 2 heterocycles. The lowest BCUT2D eigenvalue weighted by Crippen LogP contribution is -2.39. The Bertz CT molecular complexity index is 594. The summed E-state index contributed by atoms with van der Waals surface area (Å²) in [6.45, 7) is 1.15. The summed E-state index contributed by atoms with van der Waals surface area (Å²) in [6, 6.07) is 1.07. The minimum Gasteiger partial charge on any atom is -0.342 e. The summed E-state index contributed by atoms with van der Waals surface area (Å²) in [5, 5.41) is 5.85. The molecule has 1 aromatic rings. The maximum atomic E-state index is 12.6. The first-order valence-corrected chi connectivity index (χ1v) is 8.00. The van der Waals surface area contributed by atoms with Crippen LogP contribution in [0.2, 0.25) is 0 Å². The summed E-state index contributed by atoms with van der Waals surface area (Å²) in [4.78, 5) is 14.2. The normalized spacial score (nSPS) is 25.1. The zero-order valence-electron chi connectivity index (χ0n) is 12.8. The van der Waals surface area contributed by atoms with E-state index in [4.69, 9.17) is 0 Å². The van der Waals surface area contributed by atoms with Gasteiger partial charge in [-0.3, -0.25) is 9.89 Å². The molecule has 2 aliphatic rings. The Hall–Kier alpha value is -1.79. The fourth-order valence-corrected chi connectivity index (χ4v) is 3.37. The average molecular weight is 327 g/mol. The van der Waals surface area contributed by atoms with E-state index in [0.717, 1.165) is 31.7 Å². The van der Waals surface area contributed by atoms with Crippen molar-refractivity contribution in [3.8, 4) is 0 Å². The number of H-pyrrole nitrogens is 1. The van der Waals surface area contributed by atoms with E-state index in [2.05, 4.69) is 22.3 Å². The molecule has 1 aliphatic carbocycles. The molecular formula is C16H20F3N3O. The number of nitrogens with zero attached hydrogens (tertiary/aromatic N) is 2. The summed E-state index contributed by atoms with van der Waals surface area (Å²) >= 11 is 0. The second-order valence-electron chi connectivity index (χ2n) is 6.35. The van der Waals surface area contributed by atoms with Gasteiger partial charge < -0.3 is 4.90 Å². The van der Waals surface area contributed by atoms with Crippen LogP contribution in [0.5, 0.6) is 0 Å². The number of likely N-dealkylation sites (tertiary alicyclic amines) is 1. The number of hydrogen-bond acceptors (Lipinski definition) is 2. The van der Waals surface area contributed by atoms with Crippen LogP contribution in [-0.4, -0.2) is 34.1 Å². The van der Waals surface area contributed by atoms with E-state index in [-0.39, 0.29) is 11.8 Å². The van der Waals surface area contributed by atoms with Crippen molar-refractivity contribution >= 4 is 5.91 Å². The molecule has 0 bridgehead atoms. The summed E-state index contributed by atoms with van der Waals surface area (Å²) in [7, 11) is 0. The lowest BCUT2D eigenvalue weighted by molar-refractivity contribution is -0.141. The number of amides is 1. The Morgan fingerprint density at radius 1 is 1.39 bits per heavy atom. The molecule has 0 aromatic carbocycles. The highest BCUT2D eigenvalue weighted by atomic mass is 19.4. The van der Waals surface area contributed by atoms with Crippen molar-refractivity contribution in [1.82, 2.24) is 15.1 Å². The standard InChI is InChI=1S/C16H20F3N3O/c17-16(18,19)14-9-13(20-21-14)12-6-3-7-22(10-12)15(23)8-11-4-1-2-5-11/h1,4,9,11-12H,2-3,5-8,10H2,(H,20,21)/t11-,12+/m1/s1. The maximum absolute atomic E-state index is 12.6. The van der Waals surface area contributed by atoms with Crippen LogP contribution in [0, 0.1) is 5.92 Å². The fourth-order valence-electron chi connectivity index (χ4n) is 3.37. The van der Waals surface area contributed by atoms with Crippen molar-refractivity contribution in [3.63, 3.8) is 0 Å². The summed E-state index contributed by atoms with van der Waals surface area (Å²) in [6.07, 6.45) is 3.86. The van der Waals surface area contributed by atoms with Gasteiger partial charge in [0, 0.05) is 31.1 Å². The topological polar surface area (TPSA) is 49.0 Å². The third-order valence-electron chi connectivity index (χ3n) is 4.65. The number of carbonyl (C=O) groups is 1. The molecule has 0 unspecified atom stereocenters. The third kappa shape index (κ3) is 3.76. The molecule has 4 nitrogen and oxygen atoms in total. The number of hydrogen-bond donors (Lipinski definition) is 1. The van der Waals surface area contributed by atoms with Crippen molar-refractivity contribution in [2.24, 2.45) is 5.92 Å². The van der Waals surface area contributed by atoms with Crippen LogP contribution in [0.4, 0.5) is 13.2 Å². The summed E-state index contributed by atoms with van der Waals surface area (Å²) in [5.74, 6) is 0.309. The highest BCUT2D eigenvalue weighted by molar-refractivity contribution is 5.77. The van der Waals surface area contributed by atoms with Crippen molar-refractivity contribution in [2.75, 3.05) is 13.1 Å². The first-order valence-electron chi connectivity index (χ1n) is 8.00. The van der Waals surface area contributed by atoms with Crippen molar-refractivity contribution in [1.29, 1.82) is 0 Å². The average Bonchev–Trinajstić information content (AvgIpc) is 3.18. The van der Waals surface area contributed by atoms with Gasteiger partial charge in [0.2, 0.25) is 5.91 Å². The molecule has 2 atom stereocenters. The van der Waals surface area contributed by atoms with Gasteiger partial charge in [-0.1, -0.05) is 12.2 Å². The van der Waals surface area contributed by atoms with Gasteiger partial charge in [0.15, 0.2) is 5.69 Å². The second-order valence-corrected chi connectivity index (χ2v) is 6.35. The van der Waals surface area contributed by atoms with Gasteiger partial charge in [-0.25, -0.2) is 0 Å². The molecule has 1 N–H and O–H groups in total. The molecule has 7 heteroatoms. The predicted molar refractivity (Wildman–Crippen MR) is 78.6 cm³/mol. The number of aromatic nitrogens is 2. The van der Waals surface area contributed by atoms with E-state index in [9.17, 15) is 18.0 Å². The number of aromatic amines is 1. The Morgan fingerprint density at radius 2 is 2.22 bits per heavy atom. The quantitative estimate of drug-likeness (QED) is 0.864. The number of carbonyl (C=O) groups excluding carboxylic acids is 1. The number of piperidine rings is 1. The first-order chi connectivity index (χ1) is 10.9. The number of halogens is 3. The van der Waals surface area contributed by atoms with Crippen molar-refractivity contribution < 1.29 is 18.0 Å². The lowest BCUT2D eigenvalue weighted by atomic mass is 9.93. The van der Waals surface area contributed by atoms with Gasteiger partial charge in [-0.2, -0.15) is 18.3 Å². The van der Waals surface area contributed by atoms with Crippen LogP contribution in [0.1, 0.15) is 49.4 Å².